The Balaban J connectivity index is 2.20. The molecule has 0 fully saturated rings. The first-order valence-electron chi connectivity index (χ1n) is 6.40. The van der Waals surface area contributed by atoms with Gasteiger partial charge in [-0.2, -0.15) is 5.10 Å². The van der Waals surface area contributed by atoms with Crippen molar-refractivity contribution in [1.29, 1.82) is 0 Å². The second kappa shape index (κ2) is 4.63. The maximum absolute atomic E-state index is 13.8. The molecule has 2 aromatic rings. The molecule has 1 aliphatic rings. The number of hydrogen-bond acceptors (Lipinski definition) is 2. The van der Waals surface area contributed by atoms with Crippen molar-refractivity contribution in [3.63, 3.8) is 0 Å². The van der Waals surface area contributed by atoms with Crippen molar-refractivity contribution >= 4 is 21.7 Å². The van der Waals surface area contributed by atoms with Gasteiger partial charge < -0.3 is 5.73 Å². The van der Waals surface area contributed by atoms with Gasteiger partial charge in [-0.1, -0.05) is 0 Å². The molecule has 0 bridgehead atoms. The lowest BCUT2D eigenvalue weighted by Crippen LogP contribution is -2.09. The number of anilines is 1. The Kier molecular flexibility index (Phi) is 3.09. The van der Waals surface area contributed by atoms with Crippen molar-refractivity contribution in [2.75, 3.05) is 5.73 Å². The average molecular weight is 324 g/mol. The molecular weight excluding hydrogens is 309 g/mol. The molecule has 2 N–H and O–H groups in total. The van der Waals surface area contributed by atoms with E-state index in [0.29, 0.717) is 10.3 Å². The van der Waals surface area contributed by atoms with Crippen molar-refractivity contribution in [2.45, 2.75) is 32.6 Å². The Labute approximate surface area is 119 Å². The smallest absolute Gasteiger partial charge is 0.149 e. The molecule has 1 aromatic carbocycles. The van der Waals surface area contributed by atoms with Gasteiger partial charge in [-0.15, -0.1) is 0 Å². The van der Waals surface area contributed by atoms with E-state index < -0.39 is 0 Å². The van der Waals surface area contributed by atoms with E-state index in [1.165, 1.54) is 6.07 Å². The Bertz CT molecular complexity index is 649. The predicted octanol–water partition coefficient (Wildman–Crippen LogP) is 3.54. The van der Waals surface area contributed by atoms with Crippen LogP contribution < -0.4 is 5.73 Å². The quantitative estimate of drug-likeness (QED) is 0.872. The van der Waals surface area contributed by atoms with Gasteiger partial charge >= 0.3 is 0 Å². The number of rotatable bonds is 1. The van der Waals surface area contributed by atoms with Crippen molar-refractivity contribution < 1.29 is 4.39 Å². The summed E-state index contributed by atoms with van der Waals surface area (Å²) in [7, 11) is 0. The number of benzene rings is 1. The van der Waals surface area contributed by atoms with Crippen molar-refractivity contribution in [3.8, 4) is 5.69 Å². The topological polar surface area (TPSA) is 43.8 Å². The van der Waals surface area contributed by atoms with E-state index in [1.54, 1.807) is 6.07 Å². The maximum Gasteiger partial charge on any atom is 0.149 e. The van der Waals surface area contributed by atoms with Crippen molar-refractivity contribution in [3.05, 3.63) is 39.2 Å². The number of nitrogens with two attached hydrogens (primary N) is 1. The molecule has 0 saturated heterocycles. The molecule has 0 atom stereocenters. The van der Waals surface area contributed by atoms with E-state index in [9.17, 15) is 4.39 Å². The van der Waals surface area contributed by atoms with E-state index in [2.05, 4.69) is 21.0 Å². The second-order valence-electron chi connectivity index (χ2n) is 4.98. The van der Waals surface area contributed by atoms with Crippen LogP contribution in [0.15, 0.2) is 16.6 Å². The molecule has 1 aliphatic carbocycles. The van der Waals surface area contributed by atoms with Crippen molar-refractivity contribution in [1.82, 2.24) is 9.78 Å². The summed E-state index contributed by atoms with van der Waals surface area (Å²) in [6, 6.07) is 3.29. The summed E-state index contributed by atoms with van der Waals surface area (Å²) in [5.41, 5.74) is 10.00. The first kappa shape index (κ1) is 12.7. The van der Waals surface area contributed by atoms with E-state index in [4.69, 9.17) is 5.73 Å². The largest absolute Gasteiger partial charge is 0.382 e. The fourth-order valence-corrected chi connectivity index (χ4v) is 3.15. The van der Waals surface area contributed by atoms with Gasteiger partial charge in [0.2, 0.25) is 0 Å². The highest BCUT2D eigenvalue weighted by molar-refractivity contribution is 9.10. The number of hydrogen-bond donors (Lipinski definition) is 1. The number of halogens is 2. The SMILES string of the molecule is Cc1cc(Br)c(F)cc1-n1nc(N)c2c1CCCC2. The fourth-order valence-electron chi connectivity index (χ4n) is 2.69. The van der Waals surface area contributed by atoms with Gasteiger partial charge in [-0.25, -0.2) is 9.07 Å². The molecule has 3 rings (SSSR count). The van der Waals surface area contributed by atoms with Gasteiger partial charge in [0.25, 0.3) is 0 Å². The highest BCUT2D eigenvalue weighted by Gasteiger charge is 2.21. The first-order chi connectivity index (χ1) is 9.08. The van der Waals surface area contributed by atoms with Crippen LogP contribution in [0.3, 0.4) is 0 Å². The summed E-state index contributed by atoms with van der Waals surface area (Å²) in [5.74, 6) is 0.302. The Morgan fingerprint density at radius 1 is 1.32 bits per heavy atom. The van der Waals surface area contributed by atoms with Crippen LogP contribution in [0.1, 0.15) is 29.7 Å². The fraction of sp³-hybridized carbons (Fsp3) is 0.357. The van der Waals surface area contributed by atoms with Gasteiger partial charge in [0, 0.05) is 17.3 Å². The van der Waals surface area contributed by atoms with Crippen LogP contribution in [0.25, 0.3) is 5.69 Å². The Morgan fingerprint density at radius 3 is 2.84 bits per heavy atom. The number of nitrogens with zero attached hydrogens (tertiary/aromatic N) is 2. The van der Waals surface area contributed by atoms with Crippen LogP contribution >= 0.6 is 15.9 Å². The van der Waals surface area contributed by atoms with Gasteiger partial charge in [0.15, 0.2) is 0 Å². The van der Waals surface area contributed by atoms with Gasteiger partial charge in [-0.3, -0.25) is 0 Å². The van der Waals surface area contributed by atoms with Gasteiger partial charge in [0.05, 0.1) is 10.2 Å². The zero-order valence-corrected chi connectivity index (χ0v) is 12.3. The predicted molar refractivity (Wildman–Crippen MR) is 77.0 cm³/mol. The second-order valence-corrected chi connectivity index (χ2v) is 5.84. The number of aromatic nitrogens is 2. The zero-order valence-electron chi connectivity index (χ0n) is 10.7. The monoisotopic (exact) mass is 323 g/mol. The first-order valence-corrected chi connectivity index (χ1v) is 7.19. The minimum atomic E-state index is -0.278. The zero-order chi connectivity index (χ0) is 13.6. The Hall–Kier alpha value is -1.36. The average Bonchev–Trinajstić information content (AvgIpc) is 2.72. The summed E-state index contributed by atoms with van der Waals surface area (Å²) >= 11 is 3.20. The van der Waals surface area contributed by atoms with E-state index in [1.807, 2.05) is 11.6 Å². The lowest BCUT2D eigenvalue weighted by molar-refractivity contribution is 0.614. The van der Waals surface area contributed by atoms with Gasteiger partial charge in [-0.05, 0) is 60.2 Å². The normalized spacial score (nSPS) is 14.5. The molecule has 0 aliphatic heterocycles. The Morgan fingerprint density at radius 2 is 2.05 bits per heavy atom. The van der Waals surface area contributed by atoms with E-state index in [-0.39, 0.29) is 5.82 Å². The van der Waals surface area contributed by atoms with Crippen LogP contribution in [0.4, 0.5) is 10.2 Å². The molecule has 100 valence electrons. The van der Waals surface area contributed by atoms with Crippen LogP contribution in [0, 0.1) is 12.7 Å². The third-order valence-electron chi connectivity index (χ3n) is 3.68. The molecule has 1 heterocycles. The molecule has 1 aromatic heterocycles. The van der Waals surface area contributed by atoms with E-state index >= 15 is 0 Å². The molecule has 0 radical (unpaired) electrons. The van der Waals surface area contributed by atoms with E-state index in [0.717, 1.165) is 48.2 Å². The summed E-state index contributed by atoms with van der Waals surface area (Å²) in [5, 5.41) is 4.41. The lowest BCUT2D eigenvalue weighted by Gasteiger charge is -2.15. The van der Waals surface area contributed by atoms with Crippen LogP contribution in [0.5, 0.6) is 0 Å². The molecule has 0 saturated carbocycles. The number of fused-ring (bicyclic) bond motifs is 1. The molecule has 19 heavy (non-hydrogen) atoms. The highest BCUT2D eigenvalue weighted by atomic mass is 79.9. The minimum Gasteiger partial charge on any atom is -0.382 e. The summed E-state index contributed by atoms with van der Waals surface area (Å²) in [4.78, 5) is 0. The minimum absolute atomic E-state index is 0.278. The standard InChI is InChI=1S/C14H15BrFN3/c1-8-6-10(15)11(16)7-13(8)19-12-5-3-2-4-9(12)14(17)18-19/h6-7H,2-5H2,1H3,(H2,17,18). The summed E-state index contributed by atoms with van der Waals surface area (Å²) in [6.07, 6.45) is 4.21. The molecule has 5 heteroatoms. The molecule has 0 amide bonds. The number of aryl methyl sites for hydroxylation is 1. The third kappa shape index (κ3) is 2.06. The molecule has 0 unspecified atom stereocenters. The maximum atomic E-state index is 13.8. The van der Waals surface area contributed by atoms with Crippen molar-refractivity contribution in [2.24, 2.45) is 0 Å². The van der Waals surface area contributed by atoms with Crippen LogP contribution in [-0.4, -0.2) is 9.78 Å². The summed E-state index contributed by atoms with van der Waals surface area (Å²) < 4.78 is 16.1. The molecule has 3 nitrogen and oxygen atoms in total. The molecular formula is C14H15BrFN3. The molecule has 0 spiro atoms. The highest BCUT2D eigenvalue weighted by Crippen LogP contribution is 2.30. The van der Waals surface area contributed by atoms with Crippen LogP contribution in [0.2, 0.25) is 0 Å². The van der Waals surface area contributed by atoms with Crippen LogP contribution in [-0.2, 0) is 12.8 Å². The lowest BCUT2D eigenvalue weighted by atomic mass is 9.97. The number of nitrogen functional groups attached to an aromatic ring is 1. The van der Waals surface area contributed by atoms with Gasteiger partial charge in [0.1, 0.15) is 11.6 Å². The third-order valence-corrected chi connectivity index (χ3v) is 4.29. The summed E-state index contributed by atoms with van der Waals surface area (Å²) in [6.45, 7) is 1.95.